The summed E-state index contributed by atoms with van der Waals surface area (Å²) in [6, 6.07) is 0.646. The van der Waals surface area contributed by atoms with Crippen molar-refractivity contribution in [3.05, 3.63) is 0 Å². The maximum absolute atomic E-state index is 11.2. The molecule has 2 aliphatic rings. The number of hydrogen-bond donors (Lipinski definition) is 0. The molecule has 1 aliphatic carbocycles. The van der Waals surface area contributed by atoms with Crippen molar-refractivity contribution < 1.29 is 13.2 Å². The highest BCUT2D eigenvalue weighted by Crippen LogP contribution is 2.34. The molecule has 0 amide bonds. The third kappa shape index (κ3) is 3.09. The molecular weight excluding hydrogens is 250 g/mol. The number of nitrogens with zero attached hydrogens (tertiary/aromatic N) is 1. The van der Waals surface area contributed by atoms with E-state index >= 15 is 0 Å². The number of rotatable bonds is 4. The van der Waals surface area contributed by atoms with Gasteiger partial charge < -0.3 is 4.74 Å². The van der Waals surface area contributed by atoms with E-state index in [4.69, 9.17) is 15.4 Å². The minimum Gasteiger partial charge on any atom is -0.376 e. The maximum Gasteiger partial charge on any atom is 0.235 e. The van der Waals surface area contributed by atoms with Gasteiger partial charge in [-0.25, -0.2) is 8.42 Å². The predicted molar refractivity (Wildman–Crippen MR) is 63.2 cm³/mol. The van der Waals surface area contributed by atoms with Gasteiger partial charge in [0.2, 0.25) is 9.05 Å². The molecule has 0 aromatic heterocycles. The first-order valence-corrected chi connectivity index (χ1v) is 8.13. The largest absolute Gasteiger partial charge is 0.376 e. The second kappa shape index (κ2) is 4.44. The zero-order valence-corrected chi connectivity index (χ0v) is 11.1. The van der Waals surface area contributed by atoms with E-state index in [1.165, 1.54) is 12.8 Å². The molecule has 1 atom stereocenters. The first-order valence-electron chi connectivity index (χ1n) is 5.66. The zero-order chi connectivity index (χ0) is 11.8. The lowest BCUT2D eigenvalue weighted by atomic mass is 9.94. The van der Waals surface area contributed by atoms with E-state index < -0.39 is 14.7 Å². The highest BCUT2D eigenvalue weighted by molar-refractivity contribution is 8.13. The van der Waals surface area contributed by atoms with Gasteiger partial charge in [0.1, 0.15) is 0 Å². The Labute approximate surface area is 101 Å². The Morgan fingerprint density at radius 1 is 1.50 bits per heavy atom. The van der Waals surface area contributed by atoms with Crippen LogP contribution in [0.25, 0.3) is 0 Å². The number of halogens is 1. The van der Waals surface area contributed by atoms with E-state index in [2.05, 4.69) is 4.90 Å². The van der Waals surface area contributed by atoms with Crippen molar-refractivity contribution in [1.29, 1.82) is 0 Å². The molecule has 1 saturated heterocycles. The SMILES string of the molecule is COC1(CS(=O)(=O)Cl)CCCN(C2CC2)C1. The average molecular weight is 268 g/mol. The summed E-state index contributed by atoms with van der Waals surface area (Å²) in [4.78, 5) is 2.34. The van der Waals surface area contributed by atoms with E-state index in [1.807, 2.05) is 0 Å². The van der Waals surface area contributed by atoms with Crippen LogP contribution in [-0.2, 0) is 13.8 Å². The van der Waals surface area contributed by atoms with Crippen molar-refractivity contribution in [1.82, 2.24) is 4.90 Å². The summed E-state index contributed by atoms with van der Waals surface area (Å²) in [6.07, 6.45) is 4.22. The molecule has 2 fully saturated rings. The third-order valence-electron chi connectivity index (χ3n) is 3.50. The first kappa shape index (κ1) is 12.6. The smallest absolute Gasteiger partial charge is 0.235 e. The Hall–Kier alpha value is 0.160. The van der Waals surface area contributed by atoms with Crippen LogP contribution in [0.15, 0.2) is 0 Å². The van der Waals surface area contributed by atoms with Crippen molar-refractivity contribution >= 4 is 19.7 Å². The number of methoxy groups -OCH3 is 1. The molecule has 1 aliphatic heterocycles. The number of likely N-dealkylation sites (tertiary alicyclic amines) is 1. The van der Waals surface area contributed by atoms with Gasteiger partial charge in [-0.2, -0.15) is 0 Å². The van der Waals surface area contributed by atoms with Crippen LogP contribution in [0.1, 0.15) is 25.7 Å². The van der Waals surface area contributed by atoms with E-state index in [0.29, 0.717) is 12.6 Å². The molecule has 94 valence electrons. The van der Waals surface area contributed by atoms with Gasteiger partial charge >= 0.3 is 0 Å². The highest BCUT2D eigenvalue weighted by atomic mass is 35.7. The molecule has 0 spiro atoms. The minimum absolute atomic E-state index is 0.0821. The lowest BCUT2D eigenvalue weighted by Crippen LogP contribution is -2.53. The molecule has 4 nitrogen and oxygen atoms in total. The van der Waals surface area contributed by atoms with Gasteiger partial charge in [-0.1, -0.05) is 0 Å². The van der Waals surface area contributed by atoms with Crippen molar-refractivity contribution in [3.8, 4) is 0 Å². The average Bonchev–Trinajstić information content (AvgIpc) is 2.98. The Kier molecular flexibility index (Phi) is 3.50. The van der Waals surface area contributed by atoms with Gasteiger partial charge in [0, 0.05) is 30.4 Å². The second-order valence-electron chi connectivity index (χ2n) is 4.88. The molecule has 0 aromatic carbocycles. The summed E-state index contributed by atoms with van der Waals surface area (Å²) in [7, 11) is 3.43. The van der Waals surface area contributed by atoms with Crippen molar-refractivity contribution in [2.45, 2.75) is 37.3 Å². The van der Waals surface area contributed by atoms with Crippen LogP contribution in [0.2, 0.25) is 0 Å². The van der Waals surface area contributed by atoms with Gasteiger partial charge in [0.15, 0.2) is 0 Å². The van der Waals surface area contributed by atoms with Crippen LogP contribution in [0.4, 0.5) is 0 Å². The molecule has 16 heavy (non-hydrogen) atoms. The fraction of sp³-hybridized carbons (Fsp3) is 1.00. The van der Waals surface area contributed by atoms with Crippen LogP contribution < -0.4 is 0 Å². The fourth-order valence-electron chi connectivity index (χ4n) is 2.54. The van der Waals surface area contributed by atoms with Crippen LogP contribution >= 0.6 is 10.7 Å². The lowest BCUT2D eigenvalue weighted by Gasteiger charge is -2.41. The monoisotopic (exact) mass is 267 g/mol. The minimum atomic E-state index is -3.50. The third-order valence-corrected chi connectivity index (χ3v) is 4.70. The van der Waals surface area contributed by atoms with Gasteiger partial charge in [0.05, 0.1) is 11.4 Å². The van der Waals surface area contributed by atoms with E-state index in [-0.39, 0.29) is 5.75 Å². The van der Waals surface area contributed by atoms with E-state index in [1.54, 1.807) is 7.11 Å². The quantitative estimate of drug-likeness (QED) is 0.718. The van der Waals surface area contributed by atoms with Gasteiger partial charge in [-0.05, 0) is 32.2 Å². The van der Waals surface area contributed by atoms with E-state index in [0.717, 1.165) is 19.4 Å². The Balaban J connectivity index is 2.07. The van der Waals surface area contributed by atoms with Crippen LogP contribution in [-0.4, -0.2) is 50.9 Å². The molecule has 0 bridgehead atoms. The first-order chi connectivity index (χ1) is 7.44. The maximum atomic E-state index is 11.2. The van der Waals surface area contributed by atoms with Crippen molar-refractivity contribution in [2.24, 2.45) is 0 Å². The fourth-order valence-corrected chi connectivity index (χ4v) is 4.12. The summed E-state index contributed by atoms with van der Waals surface area (Å²) in [6.45, 7) is 1.75. The zero-order valence-electron chi connectivity index (χ0n) is 9.49. The van der Waals surface area contributed by atoms with Gasteiger partial charge in [-0.15, -0.1) is 0 Å². The molecule has 0 N–H and O–H groups in total. The van der Waals surface area contributed by atoms with Crippen LogP contribution in [0.3, 0.4) is 0 Å². The van der Waals surface area contributed by atoms with Crippen LogP contribution in [0.5, 0.6) is 0 Å². The molecule has 1 heterocycles. The molecule has 1 unspecified atom stereocenters. The lowest BCUT2D eigenvalue weighted by molar-refractivity contribution is -0.0499. The summed E-state index contributed by atoms with van der Waals surface area (Å²) in [5, 5.41) is 0. The Morgan fingerprint density at radius 3 is 2.69 bits per heavy atom. The van der Waals surface area contributed by atoms with Crippen molar-refractivity contribution in [2.75, 3.05) is 26.0 Å². The Bertz CT molecular complexity index is 355. The molecule has 0 radical (unpaired) electrons. The summed E-state index contributed by atoms with van der Waals surface area (Å²) in [5.41, 5.74) is -0.596. The standard InChI is InChI=1S/C10H18ClNO3S/c1-15-10(8-16(11,13)14)5-2-6-12(7-10)9-3-4-9/h9H,2-8H2,1H3. The normalized spacial score (nSPS) is 32.9. The Morgan fingerprint density at radius 2 is 2.19 bits per heavy atom. The summed E-state index contributed by atoms with van der Waals surface area (Å²) >= 11 is 0. The van der Waals surface area contributed by atoms with Crippen LogP contribution in [0, 0.1) is 0 Å². The number of ether oxygens (including phenoxy) is 1. The van der Waals surface area contributed by atoms with Gasteiger partial charge in [-0.3, -0.25) is 4.90 Å². The molecular formula is C10H18ClNO3S. The topological polar surface area (TPSA) is 46.6 Å². The number of hydrogen-bond acceptors (Lipinski definition) is 4. The summed E-state index contributed by atoms with van der Waals surface area (Å²) in [5.74, 6) is -0.0821. The molecule has 0 aromatic rings. The molecule has 2 rings (SSSR count). The predicted octanol–water partition coefficient (Wildman–Crippen LogP) is 1.20. The van der Waals surface area contributed by atoms with E-state index in [9.17, 15) is 8.42 Å². The highest BCUT2D eigenvalue weighted by Gasteiger charge is 2.43. The number of piperidine rings is 1. The molecule has 6 heteroatoms. The summed E-state index contributed by atoms with van der Waals surface area (Å²) < 4.78 is 27.9. The van der Waals surface area contributed by atoms with Crippen molar-refractivity contribution in [3.63, 3.8) is 0 Å². The molecule has 1 saturated carbocycles. The van der Waals surface area contributed by atoms with Gasteiger partial charge in [0.25, 0.3) is 0 Å². The second-order valence-corrected chi connectivity index (χ2v) is 7.65.